The van der Waals surface area contributed by atoms with E-state index in [9.17, 15) is 9.00 Å². The summed E-state index contributed by atoms with van der Waals surface area (Å²) in [6.45, 7) is 4.58. The molecule has 1 rings (SSSR count). The van der Waals surface area contributed by atoms with Gasteiger partial charge in [-0.1, -0.05) is 25.1 Å². The third-order valence-corrected chi connectivity index (χ3v) is 4.19. The van der Waals surface area contributed by atoms with Crippen molar-refractivity contribution in [2.45, 2.75) is 26.3 Å². The first kappa shape index (κ1) is 16.9. The number of likely N-dealkylation sites (N-methyl/N-ethyl adjacent to an activating group) is 1. The topological polar surface area (TPSA) is 49.4 Å². The lowest BCUT2D eigenvalue weighted by Gasteiger charge is -2.23. The van der Waals surface area contributed by atoms with Crippen molar-refractivity contribution in [3.8, 4) is 0 Å². The first-order valence-corrected chi connectivity index (χ1v) is 8.57. The van der Waals surface area contributed by atoms with E-state index >= 15 is 0 Å². The molecule has 112 valence electrons. The van der Waals surface area contributed by atoms with E-state index in [0.717, 1.165) is 17.7 Å². The standard InChI is InChI=1S/C15H24N2O2S/c1-5-13-8-6-7-9-14(13)16-15(18)12(2)17(3)10-11-20(4)19/h6-9,12H,5,10-11H2,1-4H3,(H,16,18). The molecular weight excluding hydrogens is 272 g/mol. The Kier molecular flexibility index (Phi) is 6.88. The fraction of sp³-hybridized carbons (Fsp3) is 0.533. The van der Waals surface area contributed by atoms with Crippen LogP contribution >= 0.6 is 0 Å². The van der Waals surface area contributed by atoms with Gasteiger partial charge in [-0.2, -0.15) is 0 Å². The molecule has 0 saturated heterocycles. The van der Waals surface area contributed by atoms with Crippen LogP contribution in [-0.2, 0) is 22.0 Å². The fourth-order valence-electron chi connectivity index (χ4n) is 1.85. The van der Waals surface area contributed by atoms with Crippen LogP contribution in [0.25, 0.3) is 0 Å². The molecule has 2 unspecified atom stereocenters. The molecule has 0 heterocycles. The Morgan fingerprint density at radius 2 is 2.05 bits per heavy atom. The minimum atomic E-state index is -0.832. The first-order chi connectivity index (χ1) is 9.45. The number of carbonyl (C=O) groups excluding carboxylic acids is 1. The van der Waals surface area contributed by atoms with Gasteiger partial charge < -0.3 is 5.32 Å². The summed E-state index contributed by atoms with van der Waals surface area (Å²) in [5, 5.41) is 2.97. The molecule has 1 N–H and O–H groups in total. The molecule has 5 heteroatoms. The molecule has 4 nitrogen and oxygen atoms in total. The quantitative estimate of drug-likeness (QED) is 0.836. The summed E-state index contributed by atoms with van der Waals surface area (Å²) in [6.07, 6.45) is 2.56. The van der Waals surface area contributed by atoms with E-state index in [0.29, 0.717) is 12.3 Å². The molecule has 1 aromatic rings. The van der Waals surface area contributed by atoms with Gasteiger partial charge in [0, 0.05) is 35.0 Å². The van der Waals surface area contributed by atoms with E-state index in [-0.39, 0.29) is 11.9 Å². The van der Waals surface area contributed by atoms with Gasteiger partial charge in [-0.3, -0.25) is 13.9 Å². The Morgan fingerprint density at radius 3 is 2.65 bits per heavy atom. The van der Waals surface area contributed by atoms with Crippen LogP contribution in [0.5, 0.6) is 0 Å². The van der Waals surface area contributed by atoms with Crippen molar-refractivity contribution in [1.82, 2.24) is 4.90 Å². The molecule has 0 spiro atoms. The Balaban J connectivity index is 2.63. The third kappa shape index (κ3) is 5.06. The molecule has 0 saturated carbocycles. The van der Waals surface area contributed by atoms with Crippen LogP contribution < -0.4 is 5.32 Å². The zero-order chi connectivity index (χ0) is 15.1. The highest BCUT2D eigenvalue weighted by Crippen LogP contribution is 2.16. The number of hydrogen-bond acceptors (Lipinski definition) is 3. The maximum absolute atomic E-state index is 12.2. The molecule has 1 amide bonds. The van der Waals surface area contributed by atoms with Gasteiger partial charge >= 0.3 is 0 Å². The second-order valence-corrected chi connectivity index (χ2v) is 6.49. The summed E-state index contributed by atoms with van der Waals surface area (Å²) in [7, 11) is 1.05. The van der Waals surface area contributed by atoms with Crippen LogP contribution in [0.2, 0.25) is 0 Å². The Hall–Kier alpha value is -1.20. The molecule has 0 aliphatic carbocycles. The fourth-order valence-corrected chi connectivity index (χ4v) is 2.40. The van der Waals surface area contributed by atoms with Gasteiger partial charge in [0.25, 0.3) is 0 Å². The van der Waals surface area contributed by atoms with Crippen LogP contribution in [0.4, 0.5) is 5.69 Å². The predicted octanol–water partition coefficient (Wildman–Crippen LogP) is 1.89. The molecule has 2 atom stereocenters. The van der Waals surface area contributed by atoms with Gasteiger partial charge in [-0.15, -0.1) is 0 Å². The minimum Gasteiger partial charge on any atom is -0.324 e. The lowest BCUT2D eigenvalue weighted by atomic mass is 10.1. The van der Waals surface area contributed by atoms with Gasteiger partial charge in [0.2, 0.25) is 5.91 Å². The molecule has 0 bridgehead atoms. The van der Waals surface area contributed by atoms with E-state index in [1.807, 2.05) is 43.1 Å². The number of hydrogen-bond donors (Lipinski definition) is 1. The SMILES string of the molecule is CCc1ccccc1NC(=O)C(C)N(C)CCS(C)=O. The summed E-state index contributed by atoms with van der Waals surface area (Å²) in [5.74, 6) is 0.551. The van der Waals surface area contributed by atoms with Crippen molar-refractivity contribution in [2.75, 3.05) is 30.9 Å². The number of para-hydroxylation sites is 1. The smallest absolute Gasteiger partial charge is 0.241 e. The molecule has 0 radical (unpaired) electrons. The van der Waals surface area contributed by atoms with Crippen LogP contribution in [0, 0.1) is 0 Å². The second-order valence-electron chi connectivity index (χ2n) is 4.93. The van der Waals surface area contributed by atoms with E-state index in [1.165, 1.54) is 0 Å². The number of carbonyl (C=O) groups is 1. The number of nitrogens with one attached hydrogen (secondary N) is 1. The highest BCUT2D eigenvalue weighted by Gasteiger charge is 2.18. The van der Waals surface area contributed by atoms with Crippen LogP contribution in [0.3, 0.4) is 0 Å². The van der Waals surface area contributed by atoms with Crippen LogP contribution in [0.1, 0.15) is 19.4 Å². The molecule has 0 aliphatic heterocycles. The lowest BCUT2D eigenvalue weighted by molar-refractivity contribution is -0.120. The summed E-state index contributed by atoms with van der Waals surface area (Å²) in [6, 6.07) is 7.59. The monoisotopic (exact) mass is 296 g/mol. The maximum Gasteiger partial charge on any atom is 0.241 e. The molecule has 0 aromatic heterocycles. The summed E-state index contributed by atoms with van der Waals surface area (Å²) >= 11 is 0. The number of aryl methyl sites for hydroxylation is 1. The lowest BCUT2D eigenvalue weighted by Crippen LogP contribution is -2.41. The van der Waals surface area contributed by atoms with Gasteiger partial charge in [-0.05, 0) is 32.0 Å². The molecule has 0 fully saturated rings. The van der Waals surface area contributed by atoms with E-state index in [2.05, 4.69) is 12.2 Å². The molecular formula is C15H24N2O2S. The number of benzene rings is 1. The predicted molar refractivity (Wildman–Crippen MR) is 85.5 cm³/mol. The zero-order valence-corrected chi connectivity index (χ0v) is 13.5. The van der Waals surface area contributed by atoms with Crippen LogP contribution in [0.15, 0.2) is 24.3 Å². The van der Waals surface area contributed by atoms with E-state index in [4.69, 9.17) is 0 Å². The summed E-state index contributed by atoms with van der Waals surface area (Å²) in [5.41, 5.74) is 2.00. The normalized spacial score (nSPS) is 14.1. The van der Waals surface area contributed by atoms with Crippen molar-refractivity contribution < 1.29 is 9.00 Å². The van der Waals surface area contributed by atoms with E-state index < -0.39 is 10.8 Å². The number of nitrogens with zero attached hydrogens (tertiary/aromatic N) is 1. The first-order valence-electron chi connectivity index (χ1n) is 6.84. The number of anilines is 1. The summed E-state index contributed by atoms with van der Waals surface area (Å²) < 4.78 is 11.1. The van der Waals surface area contributed by atoms with Gasteiger partial charge in [-0.25, -0.2) is 0 Å². The molecule has 1 aromatic carbocycles. The zero-order valence-electron chi connectivity index (χ0n) is 12.7. The van der Waals surface area contributed by atoms with Gasteiger partial charge in [0.1, 0.15) is 0 Å². The Morgan fingerprint density at radius 1 is 1.40 bits per heavy atom. The largest absolute Gasteiger partial charge is 0.324 e. The van der Waals surface area contributed by atoms with Crippen LogP contribution in [-0.4, -0.2) is 46.7 Å². The highest BCUT2D eigenvalue weighted by molar-refractivity contribution is 7.84. The van der Waals surface area contributed by atoms with Crippen molar-refractivity contribution in [3.05, 3.63) is 29.8 Å². The highest BCUT2D eigenvalue weighted by atomic mass is 32.2. The Bertz CT molecular complexity index is 477. The average molecular weight is 296 g/mol. The van der Waals surface area contributed by atoms with Crippen molar-refractivity contribution in [1.29, 1.82) is 0 Å². The number of rotatable bonds is 7. The van der Waals surface area contributed by atoms with Crippen molar-refractivity contribution >= 4 is 22.4 Å². The minimum absolute atomic E-state index is 0.0321. The number of amides is 1. The van der Waals surface area contributed by atoms with Crippen molar-refractivity contribution in [3.63, 3.8) is 0 Å². The third-order valence-electron chi connectivity index (χ3n) is 3.43. The maximum atomic E-state index is 12.2. The Labute approximate surface area is 124 Å². The summed E-state index contributed by atoms with van der Waals surface area (Å²) in [4.78, 5) is 14.2. The van der Waals surface area contributed by atoms with Crippen molar-refractivity contribution in [2.24, 2.45) is 0 Å². The molecule has 20 heavy (non-hydrogen) atoms. The van der Waals surface area contributed by atoms with Gasteiger partial charge in [0.05, 0.1) is 6.04 Å². The average Bonchev–Trinajstić information content (AvgIpc) is 2.44. The van der Waals surface area contributed by atoms with E-state index in [1.54, 1.807) is 6.26 Å². The van der Waals surface area contributed by atoms with Gasteiger partial charge in [0.15, 0.2) is 0 Å². The molecule has 0 aliphatic rings. The second kappa shape index (κ2) is 8.17.